The Morgan fingerprint density at radius 1 is 1.57 bits per heavy atom. The van der Waals surface area contributed by atoms with Gasteiger partial charge in [0.1, 0.15) is 0 Å². The van der Waals surface area contributed by atoms with Gasteiger partial charge in [-0.15, -0.1) is 0 Å². The Labute approximate surface area is 44.3 Å². The lowest BCUT2D eigenvalue weighted by Crippen LogP contribution is -2.33. The first kappa shape index (κ1) is 6.32. The normalized spacial score (nSPS) is 8.29. The molecule has 0 aliphatic rings. The first-order chi connectivity index (χ1) is 3.27. The molecule has 0 aromatic carbocycles. The van der Waals surface area contributed by atoms with Crippen LogP contribution in [0.1, 0.15) is 13.8 Å². The summed E-state index contributed by atoms with van der Waals surface area (Å²) in [5.41, 5.74) is 5.33. The third-order valence-corrected chi connectivity index (χ3v) is 0.433. The maximum atomic E-state index is 4.85. The molecule has 0 amide bonds. The Morgan fingerprint density at radius 2 is 2.14 bits per heavy atom. The molecule has 0 spiro atoms. The van der Waals surface area contributed by atoms with Gasteiger partial charge in [-0.1, -0.05) is 6.42 Å². The molecule has 2 heteroatoms. The van der Waals surface area contributed by atoms with E-state index in [0.717, 1.165) is 0 Å². The fraction of sp³-hybridized carbons (Fsp3) is 0.600. The van der Waals surface area contributed by atoms with Crippen LogP contribution in [0, 0.1) is 12.5 Å². The second-order valence-electron chi connectivity index (χ2n) is 1.57. The van der Waals surface area contributed by atoms with Gasteiger partial charge in [0, 0.05) is 12.1 Å². The van der Waals surface area contributed by atoms with E-state index in [9.17, 15) is 0 Å². The number of rotatable bonds is 2. The topological polar surface area (TPSA) is 24.1 Å². The number of hydrazine groups is 1. The maximum Gasteiger partial charge on any atom is 0.0210 e. The SMILES string of the molecule is C#CNNC(C)C. The van der Waals surface area contributed by atoms with Gasteiger partial charge in [0.25, 0.3) is 0 Å². The van der Waals surface area contributed by atoms with Crippen LogP contribution < -0.4 is 10.9 Å². The molecule has 0 radical (unpaired) electrons. The largest absolute Gasteiger partial charge is 0.281 e. The van der Waals surface area contributed by atoms with Crippen LogP contribution in [0.3, 0.4) is 0 Å². The molecule has 0 aliphatic carbocycles. The minimum atomic E-state index is 0.399. The van der Waals surface area contributed by atoms with Gasteiger partial charge in [-0.2, -0.15) is 0 Å². The summed E-state index contributed by atoms with van der Waals surface area (Å²) in [6, 6.07) is 2.64. The van der Waals surface area contributed by atoms with Crippen LogP contribution in [0.15, 0.2) is 0 Å². The Kier molecular flexibility index (Phi) is 3.17. The number of hydrogen-bond acceptors (Lipinski definition) is 2. The van der Waals surface area contributed by atoms with Gasteiger partial charge in [-0.05, 0) is 13.8 Å². The molecular formula is C5H10N2. The predicted molar refractivity (Wildman–Crippen MR) is 30.2 cm³/mol. The Morgan fingerprint density at radius 3 is 2.29 bits per heavy atom. The van der Waals surface area contributed by atoms with E-state index in [1.165, 1.54) is 0 Å². The van der Waals surface area contributed by atoms with Crippen molar-refractivity contribution in [3.8, 4) is 12.5 Å². The Balaban J connectivity index is 2.86. The quantitative estimate of drug-likeness (QED) is 0.290. The van der Waals surface area contributed by atoms with Crippen LogP contribution in [0.4, 0.5) is 0 Å². The number of nitrogens with one attached hydrogen (secondary N) is 2. The summed E-state index contributed by atoms with van der Waals surface area (Å²) in [5, 5.41) is 0. The van der Waals surface area contributed by atoms with Crippen molar-refractivity contribution in [2.24, 2.45) is 0 Å². The summed E-state index contributed by atoms with van der Waals surface area (Å²) in [7, 11) is 0. The Bertz CT molecular complexity index is 70.6. The zero-order valence-electron chi connectivity index (χ0n) is 4.65. The van der Waals surface area contributed by atoms with Crippen LogP contribution in [-0.2, 0) is 0 Å². The highest BCUT2D eigenvalue weighted by molar-refractivity contribution is 4.77. The summed E-state index contributed by atoms with van der Waals surface area (Å²) in [5.74, 6) is 0. The average molecular weight is 98.1 g/mol. The highest BCUT2D eigenvalue weighted by Crippen LogP contribution is 1.67. The van der Waals surface area contributed by atoms with Gasteiger partial charge in [0.15, 0.2) is 0 Å². The van der Waals surface area contributed by atoms with Crippen LogP contribution >= 0.6 is 0 Å². The van der Waals surface area contributed by atoms with Crippen LogP contribution in [-0.4, -0.2) is 6.04 Å². The van der Waals surface area contributed by atoms with Gasteiger partial charge in [0.05, 0.1) is 0 Å². The summed E-state index contributed by atoms with van der Waals surface area (Å²) < 4.78 is 0. The van der Waals surface area contributed by atoms with Crippen LogP contribution in [0.5, 0.6) is 0 Å². The van der Waals surface area contributed by atoms with Crippen molar-refractivity contribution in [1.82, 2.24) is 10.9 Å². The highest BCUT2D eigenvalue weighted by atomic mass is 15.3. The fourth-order valence-electron chi connectivity index (χ4n) is 0.186. The molecule has 0 saturated heterocycles. The van der Waals surface area contributed by atoms with Gasteiger partial charge in [0.2, 0.25) is 0 Å². The van der Waals surface area contributed by atoms with E-state index < -0.39 is 0 Å². The summed E-state index contributed by atoms with van der Waals surface area (Å²) in [6.07, 6.45) is 4.85. The second kappa shape index (κ2) is 3.51. The van der Waals surface area contributed by atoms with Gasteiger partial charge < -0.3 is 0 Å². The first-order valence-corrected chi connectivity index (χ1v) is 2.23. The average Bonchev–Trinajstić information content (AvgIpc) is 1.61. The molecule has 0 aliphatic heterocycles. The molecule has 2 nitrogen and oxygen atoms in total. The summed E-state index contributed by atoms with van der Waals surface area (Å²) >= 11 is 0. The fourth-order valence-corrected chi connectivity index (χ4v) is 0.186. The van der Waals surface area contributed by atoms with E-state index in [4.69, 9.17) is 6.42 Å². The van der Waals surface area contributed by atoms with E-state index >= 15 is 0 Å². The summed E-state index contributed by atoms with van der Waals surface area (Å²) in [4.78, 5) is 0. The van der Waals surface area contributed by atoms with E-state index in [1.807, 2.05) is 13.8 Å². The minimum absolute atomic E-state index is 0.399. The molecule has 0 aromatic heterocycles. The third-order valence-electron chi connectivity index (χ3n) is 0.433. The molecule has 0 heterocycles. The maximum absolute atomic E-state index is 4.85. The monoisotopic (exact) mass is 98.1 g/mol. The van der Waals surface area contributed by atoms with Gasteiger partial charge in [-0.25, -0.2) is 5.43 Å². The van der Waals surface area contributed by atoms with Crippen molar-refractivity contribution in [2.75, 3.05) is 0 Å². The predicted octanol–water partition coefficient (Wildman–Crippen LogP) is 0.0797. The zero-order valence-corrected chi connectivity index (χ0v) is 4.65. The molecule has 0 atom stereocenters. The lowest BCUT2D eigenvalue weighted by Gasteiger charge is -2.02. The molecule has 0 rings (SSSR count). The standard InChI is InChI=1S/C5H10N2/c1-4-6-7-5(2)3/h1,5-7H,2-3H3. The molecule has 0 saturated carbocycles. The van der Waals surface area contributed by atoms with Crippen molar-refractivity contribution in [3.05, 3.63) is 0 Å². The van der Waals surface area contributed by atoms with Crippen molar-refractivity contribution < 1.29 is 0 Å². The molecule has 0 fully saturated rings. The van der Waals surface area contributed by atoms with Crippen LogP contribution in [0.2, 0.25) is 0 Å². The molecule has 0 unspecified atom stereocenters. The molecule has 0 bridgehead atoms. The number of hydrogen-bond donors (Lipinski definition) is 2. The van der Waals surface area contributed by atoms with E-state index in [0.29, 0.717) is 6.04 Å². The summed E-state index contributed by atoms with van der Waals surface area (Å²) in [6.45, 7) is 4.01. The molecule has 40 valence electrons. The molecule has 7 heavy (non-hydrogen) atoms. The van der Waals surface area contributed by atoms with Gasteiger partial charge >= 0.3 is 0 Å². The van der Waals surface area contributed by atoms with Crippen LogP contribution in [0.25, 0.3) is 0 Å². The lowest BCUT2D eigenvalue weighted by atomic mass is 10.4. The smallest absolute Gasteiger partial charge is 0.0210 e. The lowest BCUT2D eigenvalue weighted by molar-refractivity contribution is 0.550. The minimum Gasteiger partial charge on any atom is -0.281 e. The van der Waals surface area contributed by atoms with Crippen molar-refractivity contribution >= 4 is 0 Å². The highest BCUT2D eigenvalue weighted by Gasteiger charge is 1.82. The van der Waals surface area contributed by atoms with Crippen molar-refractivity contribution in [3.63, 3.8) is 0 Å². The van der Waals surface area contributed by atoms with E-state index in [1.54, 1.807) is 0 Å². The third kappa shape index (κ3) is 5.32. The van der Waals surface area contributed by atoms with Crippen molar-refractivity contribution in [2.45, 2.75) is 19.9 Å². The number of terminal acetylenes is 1. The molecule has 2 N–H and O–H groups in total. The molecular weight excluding hydrogens is 88.1 g/mol. The van der Waals surface area contributed by atoms with E-state index in [2.05, 4.69) is 16.9 Å². The zero-order chi connectivity index (χ0) is 5.70. The Hall–Kier alpha value is -0.680. The van der Waals surface area contributed by atoms with Gasteiger partial charge in [-0.3, -0.25) is 5.43 Å². The second-order valence-corrected chi connectivity index (χ2v) is 1.57. The first-order valence-electron chi connectivity index (χ1n) is 2.23. The van der Waals surface area contributed by atoms with E-state index in [-0.39, 0.29) is 0 Å². The van der Waals surface area contributed by atoms with Crippen molar-refractivity contribution in [1.29, 1.82) is 0 Å². The molecule has 0 aromatic rings.